The van der Waals surface area contributed by atoms with Crippen LogP contribution in [0.15, 0.2) is 18.2 Å². The summed E-state index contributed by atoms with van der Waals surface area (Å²) in [6, 6.07) is 6.98. The second-order valence-electron chi connectivity index (χ2n) is 6.01. The number of nitrogens with zero attached hydrogens (tertiary/aromatic N) is 1. The van der Waals surface area contributed by atoms with Crippen molar-refractivity contribution in [1.29, 1.82) is 0 Å². The highest BCUT2D eigenvalue weighted by Crippen LogP contribution is 2.26. The van der Waals surface area contributed by atoms with Crippen molar-refractivity contribution in [3.05, 3.63) is 29.6 Å². The zero-order valence-electron chi connectivity index (χ0n) is 12.5. The van der Waals surface area contributed by atoms with Crippen LogP contribution in [0.25, 0.3) is 0 Å². The van der Waals surface area contributed by atoms with Crippen LogP contribution >= 0.6 is 0 Å². The van der Waals surface area contributed by atoms with Crippen LogP contribution in [0.4, 0.5) is 0 Å². The van der Waals surface area contributed by atoms with E-state index in [1.165, 1.54) is 50.6 Å². The van der Waals surface area contributed by atoms with Crippen LogP contribution in [0, 0.1) is 12.8 Å². The van der Waals surface area contributed by atoms with Crippen LogP contribution in [0.1, 0.15) is 63.3 Å². The maximum absolute atomic E-state index is 4.56. The van der Waals surface area contributed by atoms with Gasteiger partial charge in [0.2, 0.25) is 0 Å². The fraction of sp³-hybridized carbons (Fsp3) is 0.706. The molecule has 1 aromatic heterocycles. The van der Waals surface area contributed by atoms with Gasteiger partial charge in [0, 0.05) is 18.3 Å². The van der Waals surface area contributed by atoms with Gasteiger partial charge in [-0.05, 0) is 44.2 Å². The Balaban J connectivity index is 1.77. The van der Waals surface area contributed by atoms with E-state index in [2.05, 4.69) is 42.3 Å². The first-order chi connectivity index (χ1) is 9.28. The van der Waals surface area contributed by atoms with E-state index < -0.39 is 0 Å². The third kappa shape index (κ3) is 4.94. The summed E-state index contributed by atoms with van der Waals surface area (Å²) in [5.41, 5.74) is 2.29. The zero-order valence-corrected chi connectivity index (χ0v) is 12.5. The summed E-state index contributed by atoms with van der Waals surface area (Å²) in [6.07, 6.45) is 9.69. The number of aryl methyl sites for hydroxylation is 1. The van der Waals surface area contributed by atoms with E-state index in [4.69, 9.17) is 0 Å². The minimum Gasteiger partial charge on any atom is -0.308 e. The summed E-state index contributed by atoms with van der Waals surface area (Å²) in [7, 11) is 0. The summed E-state index contributed by atoms with van der Waals surface area (Å²) < 4.78 is 0. The molecule has 0 aliphatic heterocycles. The van der Waals surface area contributed by atoms with E-state index in [1.807, 2.05) is 0 Å². The van der Waals surface area contributed by atoms with Gasteiger partial charge in [0.25, 0.3) is 0 Å². The Hall–Kier alpha value is -0.890. The molecule has 2 atom stereocenters. The molecule has 0 spiro atoms. The van der Waals surface area contributed by atoms with Gasteiger partial charge in [0.1, 0.15) is 0 Å². The number of nitrogens with one attached hydrogen (secondary N) is 1. The molecular formula is C17H28N2. The molecule has 2 rings (SSSR count). The smallest absolute Gasteiger partial charge is 0.0544 e. The number of pyridine rings is 1. The Morgan fingerprint density at radius 3 is 2.89 bits per heavy atom. The molecule has 1 aromatic rings. The van der Waals surface area contributed by atoms with E-state index in [0.29, 0.717) is 6.04 Å². The van der Waals surface area contributed by atoms with Crippen LogP contribution in [-0.4, -0.2) is 11.0 Å². The van der Waals surface area contributed by atoms with Gasteiger partial charge in [-0.15, -0.1) is 0 Å². The van der Waals surface area contributed by atoms with Crippen molar-refractivity contribution in [1.82, 2.24) is 10.3 Å². The van der Waals surface area contributed by atoms with Gasteiger partial charge in [-0.1, -0.05) is 38.7 Å². The summed E-state index contributed by atoms with van der Waals surface area (Å²) in [6.45, 7) is 5.29. The van der Waals surface area contributed by atoms with Gasteiger partial charge in [0.15, 0.2) is 0 Å². The van der Waals surface area contributed by atoms with Gasteiger partial charge in [0.05, 0.1) is 5.69 Å². The average Bonchev–Trinajstić information content (AvgIpc) is 2.63. The van der Waals surface area contributed by atoms with Crippen molar-refractivity contribution in [2.75, 3.05) is 0 Å². The second kappa shape index (κ2) is 7.64. The lowest BCUT2D eigenvalue weighted by Crippen LogP contribution is -2.28. The van der Waals surface area contributed by atoms with Crippen molar-refractivity contribution in [3.8, 4) is 0 Å². The third-order valence-electron chi connectivity index (χ3n) is 4.30. The first-order valence-corrected chi connectivity index (χ1v) is 7.94. The Labute approximate surface area is 118 Å². The van der Waals surface area contributed by atoms with Crippen LogP contribution < -0.4 is 5.32 Å². The maximum atomic E-state index is 4.56. The Bertz CT molecular complexity index is 375. The van der Waals surface area contributed by atoms with E-state index >= 15 is 0 Å². The molecule has 2 heteroatoms. The fourth-order valence-electron chi connectivity index (χ4n) is 3.23. The highest BCUT2D eigenvalue weighted by atomic mass is 14.9. The number of rotatable bonds is 5. The summed E-state index contributed by atoms with van der Waals surface area (Å²) >= 11 is 0. The highest BCUT2D eigenvalue weighted by Gasteiger charge is 2.17. The Kier molecular flexibility index (Phi) is 5.84. The average molecular weight is 260 g/mol. The van der Waals surface area contributed by atoms with Gasteiger partial charge >= 0.3 is 0 Å². The van der Waals surface area contributed by atoms with E-state index in [1.54, 1.807) is 0 Å². The minimum absolute atomic E-state index is 0.698. The summed E-state index contributed by atoms with van der Waals surface area (Å²) in [5.74, 6) is 0.980. The molecule has 0 bridgehead atoms. The predicted octanol–water partition coefficient (Wildman–Crippen LogP) is 4.23. The molecule has 0 aromatic carbocycles. The monoisotopic (exact) mass is 260 g/mol. The molecule has 1 aliphatic rings. The van der Waals surface area contributed by atoms with Gasteiger partial charge < -0.3 is 5.32 Å². The topological polar surface area (TPSA) is 24.9 Å². The van der Waals surface area contributed by atoms with Crippen molar-refractivity contribution in [2.24, 2.45) is 5.92 Å². The maximum Gasteiger partial charge on any atom is 0.0544 e. The van der Waals surface area contributed by atoms with Gasteiger partial charge in [-0.25, -0.2) is 0 Å². The summed E-state index contributed by atoms with van der Waals surface area (Å²) in [5, 5.41) is 3.71. The van der Waals surface area contributed by atoms with Crippen molar-refractivity contribution < 1.29 is 0 Å². The fourth-order valence-corrected chi connectivity index (χ4v) is 3.23. The van der Waals surface area contributed by atoms with Crippen molar-refractivity contribution in [2.45, 2.75) is 71.4 Å². The molecule has 1 N–H and O–H groups in total. The van der Waals surface area contributed by atoms with Gasteiger partial charge in [-0.2, -0.15) is 0 Å². The largest absolute Gasteiger partial charge is 0.308 e. The lowest BCUT2D eigenvalue weighted by atomic mass is 9.95. The standard InChI is InChI=1S/C17H28N2/c1-3-6-15-8-5-9-16(12-11-15)18-13-17-10-4-7-14(2)19-17/h4,7,10,15-16,18H,3,5-6,8-9,11-13H2,1-2H3. The zero-order chi connectivity index (χ0) is 13.5. The molecule has 0 saturated heterocycles. The van der Waals surface area contributed by atoms with E-state index in [9.17, 15) is 0 Å². The molecule has 1 heterocycles. The lowest BCUT2D eigenvalue weighted by Gasteiger charge is -2.16. The first kappa shape index (κ1) is 14.5. The third-order valence-corrected chi connectivity index (χ3v) is 4.30. The van der Waals surface area contributed by atoms with Crippen LogP contribution in [-0.2, 0) is 6.54 Å². The molecule has 0 amide bonds. The molecule has 1 saturated carbocycles. The highest BCUT2D eigenvalue weighted by molar-refractivity contribution is 5.09. The summed E-state index contributed by atoms with van der Waals surface area (Å²) in [4.78, 5) is 4.56. The predicted molar refractivity (Wildman–Crippen MR) is 81.1 cm³/mol. The molecule has 1 aliphatic carbocycles. The molecule has 19 heavy (non-hydrogen) atoms. The van der Waals surface area contributed by atoms with Crippen molar-refractivity contribution >= 4 is 0 Å². The van der Waals surface area contributed by atoms with Crippen LogP contribution in [0.3, 0.4) is 0 Å². The number of hydrogen-bond donors (Lipinski definition) is 1. The quantitative estimate of drug-likeness (QED) is 0.801. The first-order valence-electron chi connectivity index (χ1n) is 7.94. The molecular weight excluding hydrogens is 232 g/mol. The number of aromatic nitrogens is 1. The lowest BCUT2D eigenvalue weighted by molar-refractivity contribution is 0.409. The molecule has 106 valence electrons. The van der Waals surface area contributed by atoms with Crippen molar-refractivity contribution in [3.63, 3.8) is 0 Å². The molecule has 0 radical (unpaired) electrons. The second-order valence-corrected chi connectivity index (χ2v) is 6.01. The van der Waals surface area contributed by atoms with E-state index in [0.717, 1.165) is 18.2 Å². The normalized spacial score (nSPS) is 24.1. The number of hydrogen-bond acceptors (Lipinski definition) is 2. The van der Waals surface area contributed by atoms with E-state index in [-0.39, 0.29) is 0 Å². The minimum atomic E-state index is 0.698. The Morgan fingerprint density at radius 2 is 2.11 bits per heavy atom. The van der Waals surface area contributed by atoms with Crippen LogP contribution in [0.2, 0.25) is 0 Å². The molecule has 2 nitrogen and oxygen atoms in total. The molecule has 1 fully saturated rings. The van der Waals surface area contributed by atoms with Crippen LogP contribution in [0.5, 0.6) is 0 Å². The van der Waals surface area contributed by atoms with Gasteiger partial charge in [-0.3, -0.25) is 4.98 Å². The molecule has 2 unspecified atom stereocenters. The SMILES string of the molecule is CCCC1CCCC(NCc2cccc(C)n2)CC1. The Morgan fingerprint density at radius 1 is 1.21 bits per heavy atom.